The molecule has 1 heterocycles. The second kappa shape index (κ2) is 3.73. The standard InChI is InChI=1S/C6H8BrNO2/c1-9-4-6-8-5(2-7)3-10-6/h3H,2,4H2,1H3. The molecule has 0 aliphatic rings. The highest BCUT2D eigenvalue weighted by Crippen LogP contribution is 2.05. The van der Waals surface area contributed by atoms with E-state index in [2.05, 4.69) is 20.9 Å². The van der Waals surface area contributed by atoms with Gasteiger partial charge in [-0.3, -0.25) is 0 Å². The number of oxazole rings is 1. The molecular weight excluding hydrogens is 198 g/mol. The predicted molar refractivity (Wildman–Crippen MR) is 39.8 cm³/mol. The average Bonchev–Trinajstić information content (AvgIpc) is 2.37. The summed E-state index contributed by atoms with van der Waals surface area (Å²) in [5, 5.41) is 0.722. The minimum absolute atomic E-state index is 0.438. The topological polar surface area (TPSA) is 35.3 Å². The van der Waals surface area contributed by atoms with E-state index >= 15 is 0 Å². The van der Waals surface area contributed by atoms with E-state index in [1.54, 1.807) is 13.4 Å². The zero-order chi connectivity index (χ0) is 7.40. The molecule has 3 nitrogen and oxygen atoms in total. The van der Waals surface area contributed by atoms with Crippen LogP contribution in [-0.4, -0.2) is 12.1 Å². The van der Waals surface area contributed by atoms with Crippen molar-refractivity contribution in [3.63, 3.8) is 0 Å². The van der Waals surface area contributed by atoms with E-state index < -0.39 is 0 Å². The molecule has 10 heavy (non-hydrogen) atoms. The van der Waals surface area contributed by atoms with E-state index in [1.165, 1.54) is 0 Å². The van der Waals surface area contributed by atoms with Gasteiger partial charge in [0.05, 0.1) is 5.69 Å². The summed E-state index contributed by atoms with van der Waals surface area (Å²) >= 11 is 3.26. The molecule has 56 valence electrons. The fourth-order valence-electron chi connectivity index (χ4n) is 0.600. The maximum Gasteiger partial charge on any atom is 0.220 e. The summed E-state index contributed by atoms with van der Waals surface area (Å²) in [6, 6.07) is 0. The van der Waals surface area contributed by atoms with Gasteiger partial charge in [-0.25, -0.2) is 4.98 Å². The molecule has 0 unspecified atom stereocenters. The van der Waals surface area contributed by atoms with Gasteiger partial charge in [-0.05, 0) is 0 Å². The molecule has 0 aliphatic carbocycles. The predicted octanol–water partition coefficient (Wildman–Crippen LogP) is 1.72. The molecule has 1 aromatic heterocycles. The highest BCUT2D eigenvalue weighted by atomic mass is 79.9. The van der Waals surface area contributed by atoms with Gasteiger partial charge in [0.25, 0.3) is 0 Å². The number of halogens is 1. The van der Waals surface area contributed by atoms with Gasteiger partial charge in [-0.15, -0.1) is 0 Å². The van der Waals surface area contributed by atoms with Crippen molar-refractivity contribution < 1.29 is 9.15 Å². The van der Waals surface area contributed by atoms with Crippen molar-refractivity contribution in [2.24, 2.45) is 0 Å². The number of hydrogen-bond donors (Lipinski definition) is 0. The Hall–Kier alpha value is -0.350. The molecule has 0 N–H and O–H groups in total. The summed E-state index contributed by atoms with van der Waals surface area (Å²) in [6.45, 7) is 0.438. The first-order chi connectivity index (χ1) is 4.86. The third-order valence-electron chi connectivity index (χ3n) is 1.00. The molecule has 0 fully saturated rings. The zero-order valence-corrected chi connectivity index (χ0v) is 7.22. The Morgan fingerprint density at radius 3 is 3.10 bits per heavy atom. The van der Waals surface area contributed by atoms with Crippen LogP contribution in [0.4, 0.5) is 0 Å². The van der Waals surface area contributed by atoms with Crippen molar-refractivity contribution in [3.05, 3.63) is 17.8 Å². The van der Waals surface area contributed by atoms with Gasteiger partial charge in [0, 0.05) is 12.4 Å². The Balaban J connectivity index is 2.59. The number of nitrogens with zero attached hydrogens (tertiary/aromatic N) is 1. The summed E-state index contributed by atoms with van der Waals surface area (Å²) in [6.07, 6.45) is 1.61. The van der Waals surface area contributed by atoms with Crippen LogP contribution in [0.3, 0.4) is 0 Å². The third-order valence-corrected chi connectivity index (χ3v) is 1.58. The highest BCUT2D eigenvalue weighted by Gasteiger charge is 2.00. The van der Waals surface area contributed by atoms with E-state index in [-0.39, 0.29) is 0 Å². The quantitative estimate of drug-likeness (QED) is 0.706. The van der Waals surface area contributed by atoms with Crippen molar-refractivity contribution in [2.45, 2.75) is 11.9 Å². The molecule has 0 saturated carbocycles. The lowest BCUT2D eigenvalue weighted by Crippen LogP contribution is -1.87. The number of hydrogen-bond acceptors (Lipinski definition) is 3. The van der Waals surface area contributed by atoms with Gasteiger partial charge < -0.3 is 9.15 Å². The summed E-state index contributed by atoms with van der Waals surface area (Å²) in [5.41, 5.74) is 0.895. The first-order valence-corrected chi connectivity index (χ1v) is 3.97. The Kier molecular flexibility index (Phi) is 2.89. The summed E-state index contributed by atoms with van der Waals surface area (Å²) in [7, 11) is 1.61. The van der Waals surface area contributed by atoms with Crippen molar-refractivity contribution >= 4 is 15.9 Å². The largest absolute Gasteiger partial charge is 0.446 e. The molecule has 0 aliphatic heterocycles. The minimum atomic E-state index is 0.438. The van der Waals surface area contributed by atoms with Crippen molar-refractivity contribution in [2.75, 3.05) is 7.11 Å². The molecule has 0 aromatic carbocycles. The van der Waals surface area contributed by atoms with Crippen LogP contribution in [0.5, 0.6) is 0 Å². The second-order valence-electron chi connectivity index (χ2n) is 1.80. The first-order valence-electron chi connectivity index (χ1n) is 2.85. The maximum atomic E-state index is 5.03. The molecule has 0 bridgehead atoms. The number of aromatic nitrogens is 1. The number of alkyl halides is 1. The van der Waals surface area contributed by atoms with Crippen LogP contribution in [0, 0.1) is 0 Å². The molecule has 4 heteroatoms. The minimum Gasteiger partial charge on any atom is -0.446 e. The van der Waals surface area contributed by atoms with Crippen molar-refractivity contribution in [1.29, 1.82) is 0 Å². The molecular formula is C6H8BrNO2. The van der Waals surface area contributed by atoms with E-state index in [1.807, 2.05) is 0 Å². The van der Waals surface area contributed by atoms with E-state index in [9.17, 15) is 0 Å². The third kappa shape index (κ3) is 1.82. The Morgan fingerprint density at radius 1 is 1.80 bits per heavy atom. The monoisotopic (exact) mass is 205 g/mol. The smallest absolute Gasteiger partial charge is 0.220 e. The molecule has 1 rings (SSSR count). The second-order valence-corrected chi connectivity index (χ2v) is 2.36. The lowest BCUT2D eigenvalue weighted by atomic mass is 10.6. The number of rotatable bonds is 3. The Morgan fingerprint density at radius 2 is 2.60 bits per heavy atom. The molecule has 0 saturated heterocycles. The van der Waals surface area contributed by atoms with Gasteiger partial charge in [-0.1, -0.05) is 15.9 Å². The fraction of sp³-hybridized carbons (Fsp3) is 0.500. The van der Waals surface area contributed by atoms with E-state index in [0.717, 1.165) is 11.0 Å². The zero-order valence-electron chi connectivity index (χ0n) is 5.63. The van der Waals surface area contributed by atoms with Crippen LogP contribution in [-0.2, 0) is 16.7 Å². The SMILES string of the molecule is COCc1nc(CBr)co1. The van der Waals surface area contributed by atoms with Crippen LogP contribution in [0.2, 0.25) is 0 Å². The average molecular weight is 206 g/mol. The molecule has 0 radical (unpaired) electrons. The van der Waals surface area contributed by atoms with E-state index in [0.29, 0.717) is 12.5 Å². The van der Waals surface area contributed by atoms with Crippen LogP contribution < -0.4 is 0 Å². The summed E-state index contributed by atoms with van der Waals surface area (Å²) < 4.78 is 9.84. The molecule has 0 amide bonds. The van der Waals surface area contributed by atoms with Crippen molar-refractivity contribution in [1.82, 2.24) is 4.98 Å². The van der Waals surface area contributed by atoms with Gasteiger partial charge in [0.15, 0.2) is 0 Å². The lowest BCUT2D eigenvalue weighted by Gasteiger charge is -1.87. The lowest BCUT2D eigenvalue weighted by molar-refractivity contribution is 0.159. The first kappa shape index (κ1) is 7.75. The molecule has 0 atom stereocenters. The maximum absolute atomic E-state index is 5.03. The normalized spacial score (nSPS) is 10.2. The van der Waals surface area contributed by atoms with Crippen LogP contribution in [0.15, 0.2) is 10.7 Å². The molecule has 0 spiro atoms. The van der Waals surface area contributed by atoms with E-state index in [4.69, 9.17) is 9.15 Å². The Bertz CT molecular complexity index is 199. The van der Waals surface area contributed by atoms with Gasteiger partial charge in [-0.2, -0.15) is 0 Å². The van der Waals surface area contributed by atoms with Gasteiger partial charge in [0.1, 0.15) is 12.9 Å². The highest BCUT2D eigenvalue weighted by molar-refractivity contribution is 9.08. The van der Waals surface area contributed by atoms with Crippen LogP contribution in [0.1, 0.15) is 11.6 Å². The van der Waals surface area contributed by atoms with Crippen LogP contribution >= 0.6 is 15.9 Å². The van der Waals surface area contributed by atoms with Gasteiger partial charge in [0.2, 0.25) is 5.89 Å². The molecule has 1 aromatic rings. The summed E-state index contributed by atoms with van der Waals surface area (Å²) in [5.74, 6) is 0.622. The fourth-order valence-corrected chi connectivity index (χ4v) is 0.858. The number of ether oxygens (including phenoxy) is 1. The van der Waals surface area contributed by atoms with Gasteiger partial charge >= 0.3 is 0 Å². The van der Waals surface area contributed by atoms with Crippen molar-refractivity contribution in [3.8, 4) is 0 Å². The van der Waals surface area contributed by atoms with Crippen LogP contribution in [0.25, 0.3) is 0 Å². The Labute approximate surface area is 67.5 Å². The summed E-state index contributed by atoms with van der Waals surface area (Å²) in [4.78, 5) is 4.08. The number of methoxy groups -OCH3 is 1.